The van der Waals surface area contributed by atoms with Gasteiger partial charge in [0.25, 0.3) is 5.78 Å². The van der Waals surface area contributed by atoms with E-state index < -0.39 is 11.8 Å². The Labute approximate surface area is 110 Å². The molecule has 1 amide bonds. The van der Waals surface area contributed by atoms with E-state index in [2.05, 4.69) is 10.1 Å². The lowest BCUT2D eigenvalue weighted by atomic mass is 10.1. The molecule has 0 heterocycles. The fraction of sp³-hybridized carbons (Fsp3) is 0.308. The number of anilines is 1. The van der Waals surface area contributed by atoms with Crippen LogP contribution in [0.2, 0.25) is 0 Å². The van der Waals surface area contributed by atoms with Crippen LogP contribution >= 0.6 is 0 Å². The number of Topliss-reactive ketones (excluding diaryl/α,β-unsaturated/α-hetero) is 1. The molecule has 0 aliphatic heterocycles. The van der Waals surface area contributed by atoms with E-state index in [1.165, 1.54) is 32.2 Å². The molecule has 0 saturated heterocycles. The molecule has 1 rings (SSSR count). The van der Waals surface area contributed by atoms with Crippen molar-refractivity contribution in [3.05, 3.63) is 23.8 Å². The van der Waals surface area contributed by atoms with Crippen LogP contribution in [0.4, 0.5) is 5.69 Å². The van der Waals surface area contributed by atoms with Gasteiger partial charge in [0, 0.05) is 12.5 Å². The molecule has 0 aliphatic rings. The van der Waals surface area contributed by atoms with Gasteiger partial charge in [0.05, 0.1) is 19.4 Å². The summed E-state index contributed by atoms with van der Waals surface area (Å²) in [5.74, 6) is -1.60. The van der Waals surface area contributed by atoms with Gasteiger partial charge in [-0.2, -0.15) is 0 Å². The number of hydrogen-bond acceptors (Lipinski definition) is 5. The number of carbonyl (C=O) groups is 3. The number of rotatable bonds is 5. The highest BCUT2D eigenvalue weighted by atomic mass is 16.5. The summed E-state index contributed by atoms with van der Waals surface area (Å²) in [4.78, 5) is 34.1. The van der Waals surface area contributed by atoms with Gasteiger partial charge in [-0.3, -0.25) is 9.59 Å². The van der Waals surface area contributed by atoms with E-state index >= 15 is 0 Å². The first kappa shape index (κ1) is 14.7. The quantitative estimate of drug-likeness (QED) is 0.494. The van der Waals surface area contributed by atoms with Crippen molar-refractivity contribution in [2.45, 2.75) is 13.8 Å². The highest BCUT2D eigenvalue weighted by molar-refractivity contribution is 6.40. The molecular weight excluding hydrogens is 250 g/mol. The van der Waals surface area contributed by atoms with Crippen molar-refractivity contribution in [2.24, 2.45) is 0 Å². The molecule has 0 unspecified atom stereocenters. The summed E-state index contributed by atoms with van der Waals surface area (Å²) in [5, 5.41) is 2.52. The standard InChI is InChI=1S/C13H15NO5/c1-4-19-13(17)12(16)9-5-6-11(18-3)10(7-9)14-8(2)15/h5-7H,4H2,1-3H3,(H,14,15). The van der Waals surface area contributed by atoms with Crippen molar-refractivity contribution >= 4 is 23.3 Å². The van der Waals surface area contributed by atoms with Crippen LogP contribution in [0, 0.1) is 0 Å². The summed E-state index contributed by atoms with van der Waals surface area (Å²) in [6.45, 7) is 3.07. The minimum absolute atomic E-state index is 0.124. The van der Waals surface area contributed by atoms with Crippen molar-refractivity contribution in [1.82, 2.24) is 0 Å². The Morgan fingerprint density at radius 1 is 1.26 bits per heavy atom. The van der Waals surface area contributed by atoms with Gasteiger partial charge >= 0.3 is 5.97 Å². The van der Waals surface area contributed by atoms with Crippen LogP contribution in [0.15, 0.2) is 18.2 Å². The number of esters is 1. The van der Waals surface area contributed by atoms with Gasteiger partial charge in [-0.05, 0) is 25.1 Å². The molecule has 19 heavy (non-hydrogen) atoms. The van der Waals surface area contributed by atoms with Gasteiger partial charge < -0.3 is 14.8 Å². The maximum atomic E-state index is 11.7. The van der Waals surface area contributed by atoms with Crippen LogP contribution in [-0.4, -0.2) is 31.4 Å². The Kier molecular flexibility index (Phi) is 5.05. The highest BCUT2D eigenvalue weighted by Gasteiger charge is 2.19. The van der Waals surface area contributed by atoms with Crippen LogP contribution in [0.3, 0.4) is 0 Å². The van der Waals surface area contributed by atoms with Crippen molar-refractivity contribution in [3.8, 4) is 5.75 Å². The normalized spacial score (nSPS) is 9.63. The molecule has 0 atom stereocenters. The molecule has 0 spiro atoms. The van der Waals surface area contributed by atoms with Crippen LogP contribution < -0.4 is 10.1 Å². The van der Waals surface area contributed by atoms with Gasteiger partial charge in [0.2, 0.25) is 5.91 Å². The zero-order chi connectivity index (χ0) is 14.4. The molecule has 0 fully saturated rings. The van der Waals surface area contributed by atoms with Crippen molar-refractivity contribution in [3.63, 3.8) is 0 Å². The van der Waals surface area contributed by atoms with Crippen LogP contribution in [0.1, 0.15) is 24.2 Å². The topological polar surface area (TPSA) is 81.7 Å². The smallest absolute Gasteiger partial charge is 0.379 e. The third kappa shape index (κ3) is 3.80. The van der Waals surface area contributed by atoms with E-state index in [4.69, 9.17) is 4.74 Å². The average Bonchev–Trinajstić information content (AvgIpc) is 2.37. The lowest BCUT2D eigenvalue weighted by Crippen LogP contribution is -2.18. The first-order valence-electron chi connectivity index (χ1n) is 5.66. The molecule has 6 nitrogen and oxygen atoms in total. The Morgan fingerprint density at radius 2 is 1.95 bits per heavy atom. The summed E-state index contributed by atoms with van der Waals surface area (Å²) in [7, 11) is 1.44. The number of amides is 1. The number of ketones is 1. The summed E-state index contributed by atoms with van der Waals surface area (Å²) in [6, 6.07) is 4.31. The van der Waals surface area contributed by atoms with E-state index in [0.717, 1.165) is 0 Å². The zero-order valence-electron chi connectivity index (χ0n) is 11.0. The lowest BCUT2D eigenvalue weighted by molar-refractivity contribution is -0.137. The van der Waals surface area contributed by atoms with Gasteiger partial charge in [-0.25, -0.2) is 4.79 Å². The fourth-order valence-electron chi connectivity index (χ4n) is 1.45. The van der Waals surface area contributed by atoms with Crippen LogP contribution in [0.25, 0.3) is 0 Å². The Balaban J connectivity index is 3.07. The minimum atomic E-state index is -0.929. The lowest BCUT2D eigenvalue weighted by Gasteiger charge is -2.10. The molecule has 0 saturated carbocycles. The van der Waals surface area contributed by atoms with Crippen molar-refractivity contribution < 1.29 is 23.9 Å². The molecule has 1 aromatic rings. The molecule has 0 aromatic heterocycles. The summed E-state index contributed by atoms with van der Waals surface area (Å²) >= 11 is 0. The molecular formula is C13H15NO5. The summed E-state index contributed by atoms with van der Waals surface area (Å²) < 4.78 is 9.68. The van der Waals surface area contributed by atoms with Gasteiger partial charge in [0.15, 0.2) is 0 Å². The van der Waals surface area contributed by atoms with E-state index in [0.29, 0.717) is 11.4 Å². The molecule has 0 radical (unpaired) electrons. The maximum absolute atomic E-state index is 11.7. The first-order valence-corrected chi connectivity index (χ1v) is 5.66. The van der Waals surface area contributed by atoms with Crippen molar-refractivity contribution in [2.75, 3.05) is 19.0 Å². The summed E-state index contributed by atoms with van der Waals surface area (Å²) in [6.07, 6.45) is 0. The average molecular weight is 265 g/mol. The summed E-state index contributed by atoms with van der Waals surface area (Å²) in [5.41, 5.74) is 0.452. The number of nitrogens with one attached hydrogen (secondary N) is 1. The molecule has 1 N–H and O–H groups in total. The number of carbonyl (C=O) groups excluding carboxylic acids is 3. The predicted octanol–water partition coefficient (Wildman–Crippen LogP) is 1.40. The molecule has 0 aliphatic carbocycles. The molecule has 6 heteroatoms. The second-order valence-corrected chi connectivity index (χ2v) is 3.65. The Morgan fingerprint density at radius 3 is 2.47 bits per heavy atom. The van der Waals surface area contributed by atoms with E-state index in [1.54, 1.807) is 6.92 Å². The number of ether oxygens (including phenoxy) is 2. The van der Waals surface area contributed by atoms with E-state index in [-0.39, 0.29) is 18.1 Å². The third-order valence-corrected chi connectivity index (χ3v) is 2.23. The first-order chi connectivity index (χ1) is 8.99. The van der Waals surface area contributed by atoms with Gasteiger partial charge in [-0.1, -0.05) is 0 Å². The number of benzene rings is 1. The van der Waals surface area contributed by atoms with Gasteiger partial charge in [0.1, 0.15) is 5.75 Å². The number of methoxy groups -OCH3 is 1. The van der Waals surface area contributed by atoms with Crippen LogP contribution in [-0.2, 0) is 14.3 Å². The molecule has 0 bridgehead atoms. The Hall–Kier alpha value is -2.37. The molecule has 102 valence electrons. The Bertz CT molecular complexity index is 510. The second kappa shape index (κ2) is 6.53. The monoisotopic (exact) mass is 265 g/mol. The van der Waals surface area contributed by atoms with E-state index in [9.17, 15) is 14.4 Å². The van der Waals surface area contributed by atoms with Crippen LogP contribution in [0.5, 0.6) is 5.75 Å². The largest absolute Gasteiger partial charge is 0.495 e. The second-order valence-electron chi connectivity index (χ2n) is 3.65. The van der Waals surface area contributed by atoms with Crippen molar-refractivity contribution in [1.29, 1.82) is 0 Å². The SMILES string of the molecule is CCOC(=O)C(=O)c1ccc(OC)c(NC(C)=O)c1. The maximum Gasteiger partial charge on any atom is 0.379 e. The van der Waals surface area contributed by atoms with Gasteiger partial charge in [-0.15, -0.1) is 0 Å². The highest BCUT2D eigenvalue weighted by Crippen LogP contribution is 2.25. The number of hydrogen-bond donors (Lipinski definition) is 1. The predicted molar refractivity (Wildman–Crippen MR) is 68.3 cm³/mol. The minimum Gasteiger partial charge on any atom is -0.495 e. The van der Waals surface area contributed by atoms with E-state index in [1.807, 2.05) is 0 Å². The zero-order valence-corrected chi connectivity index (χ0v) is 11.0. The third-order valence-electron chi connectivity index (χ3n) is 2.23. The fourth-order valence-corrected chi connectivity index (χ4v) is 1.45. The molecule has 1 aromatic carbocycles.